The van der Waals surface area contributed by atoms with E-state index in [-0.39, 0.29) is 11.7 Å². The predicted molar refractivity (Wildman–Crippen MR) is 123 cm³/mol. The Morgan fingerprint density at radius 3 is 2.66 bits per heavy atom. The first-order chi connectivity index (χ1) is 13.8. The molecular formula is C19H16Cl2N4O2S2. The normalized spacial score (nSPS) is 11.7. The third-order valence-corrected chi connectivity index (χ3v) is 5.71. The molecule has 3 aromatic rings. The Labute approximate surface area is 187 Å². The van der Waals surface area contributed by atoms with E-state index in [0.717, 1.165) is 5.56 Å². The summed E-state index contributed by atoms with van der Waals surface area (Å²) >= 11 is 19.2. The summed E-state index contributed by atoms with van der Waals surface area (Å²) in [5.41, 5.74) is 2.19. The first-order valence-electron chi connectivity index (χ1n) is 8.54. The molecule has 0 aliphatic heterocycles. The fourth-order valence-corrected chi connectivity index (χ4v) is 4.32. The zero-order valence-electron chi connectivity index (χ0n) is 15.2. The molecule has 0 amide bonds. The van der Waals surface area contributed by atoms with Gasteiger partial charge >= 0.3 is 0 Å². The molecular weight excluding hydrogens is 451 g/mol. The van der Waals surface area contributed by atoms with Crippen molar-refractivity contribution in [3.63, 3.8) is 0 Å². The van der Waals surface area contributed by atoms with E-state index in [2.05, 4.69) is 15.6 Å². The fraction of sp³-hybridized carbons (Fsp3) is 0.158. The summed E-state index contributed by atoms with van der Waals surface area (Å²) in [4.78, 5) is 15.0. The quantitative estimate of drug-likeness (QED) is 0.265. The SMILES string of the molecule is CC(Cc1c(Cl)cccc1Cl)NC(=S)Nc1nc(-c2cccc([N+](=O)[O-])c2)cs1. The third kappa shape index (κ3) is 5.63. The number of hydrogen-bond acceptors (Lipinski definition) is 5. The second-order valence-corrected chi connectivity index (χ2v) is 8.33. The molecule has 0 saturated carbocycles. The number of halogens is 2. The molecule has 0 fully saturated rings. The molecule has 10 heteroatoms. The molecule has 0 spiro atoms. The summed E-state index contributed by atoms with van der Waals surface area (Å²) in [6, 6.07) is 11.7. The van der Waals surface area contributed by atoms with Crippen molar-refractivity contribution in [1.82, 2.24) is 10.3 Å². The lowest BCUT2D eigenvalue weighted by Crippen LogP contribution is -2.37. The third-order valence-electron chi connectivity index (χ3n) is 4.03. The minimum absolute atomic E-state index is 0.0106. The summed E-state index contributed by atoms with van der Waals surface area (Å²) in [7, 11) is 0. The van der Waals surface area contributed by atoms with Gasteiger partial charge in [-0.3, -0.25) is 10.1 Å². The smallest absolute Gasteiger partial charge is 0.270 e. The number of nitro groups is 1. The molecule has 150 valence electrons. The summed E-state index contributed by atoms with van der Waals surface area (Å²) in [6.07, 6.45) is 0.608. The molecule has 0 bridgehead atoms. The molecule has 2 aromatic carbocycles. The number of nitrogens with one attached hydrogen (secondary N) is 2. The monoisotopic (exact) mass is 466 g/mol. The molecule has 0 saturated heterocycles. The van der Waals surface area contributed by atoms with Crippen molar-refractivity contribution in [2.75, 3.05) is 5.32 Å². The van der Waals surface area contributed by atoms with E-state index in [4.69, 9.17) is 35.4 Å². The van der Waals surface area contributed by atoms with E-state index in [1.807, 2.05) is 12.3 Å². The lowest BCUT2D eigenvalue weighted by atomic mass is 10.1. The number of nitro benzene ring substituents is 1. The van der Waals surface area contributed by atoms with Gasteiger partial charge in [-0.05, 0) is 43.3 Å². The van der Waals surface area contributed by atoms with Crippen LogP contribution in [-0.4, -0.2) is 21.1 Å². The first kappa shape index (κ1) is 21.4. The van der Waals surface area contributed by atoms with Crippen molar-refractivity contribution in [1.29, 1.82) is 0 Å². The molecule has 2 N–H and O–H groups in total. The van der Waals surface area contributed by atoms with E-state index in [0.29, 0.717) is 38.0 Å². The summed E-state index contributed by atoms with van der Waals surface area (Å²) in [6.45, 7) is 1.98. The zero-order chi connectivity index (χ0) is 21.0. The highest BCUT2D eigenvalue weighted by Crippen LogP contribution is 2.28. The number of aromatic nitrogens is 1. The second kappa shape index (κ2) is 9.49. The van der Waals surface area contributed by atoms with Crippen LogP contribution in [0.15, 0.2) is 47.8 Å². The van der Waals surface area contributed by atoms with Gasteiger partial charge in [0.05, 0.1) is 10.6 Å². The van der Waals surface area contributed by atoms with E-state index in [9.17, 15) is 10.1 Å². The maximum atomic E-state index is 10.9. The van der Waals surface area contributed by atoms with Gasteiger partial charge in [-0.2, -0.15) is 0 Å². The van der Waals surface area contributed by atoms with Gasteiger partial charge in [0.25, 0.3) is 5.69 Å². The largest absolute Gasteiger partial charge is 0.360 e. The standard InChI is InChI=1S/C19H16Cl2N4O2S2/c1-11(8-14-15(20)6-3-7-16(14)21)22-18(28)24-19-23-17(10-29-19)12-4-2-5-13(9-12)25(26)27/h2-7,9-11H,8H2,1H3,(H2,22,23,24,28). The number of nitrogens with zero attached hydrogens (tertiary/aromatic N) is 2. The van der Waals surface area contributed by atoms with Gasteiger partial charge in [-0.25, -0.2) is 4.98 Å². The molecule has 1 aromatic heterocycles. The molecule has 6 nitrogen and oxygen atoms in total. The van der Waals surface area contributed by atoms with E-state index >= 15 is 0 Å². The van der Waals surface area contributed by atoms with Crippen LogP contribution in [0.2, 0.25) is 10.0 Å². The van der Waals surface area contributed by atoms with Gasteiger partial charge in [0.1, 0.15) is 0 Å². The second-order valence-electron chi connectivity index (χ2n) is 6.25. The Morgan fingerprint density at radius 2 is 1.97 bits per heavy atom. The number of thiocarbonyl (C=S) groups is 1. The molecule has 1 heterocycles. The van der Waals surface area contributed by atoms with Crippen LogP contribution < -0.4 is 10.6 Å². The van der Waals surface area contributed by atoms with Gasteiger partial charge in [0, 0.05) is 39.2 Å². The highest BCUT2D eigenvalue weighted by Gasteiger charge is 2.13. The van der Waals surface area contributed by atoms with Crippen molar-refractivity contribution < 1.29 is 4.92 Å². The van der Waals surface area contributed by atoms with Crippen molar-refractivity contribution in [2.24, 2.45) is 0 Å². The number of non-ortho nitro benzene ring substituents is 1. The van der Waals surface area contributed by atoms with Gasteiger partial charge in [-0.15, -0.1) is 11.3 Å². The Morgan fingerprint density at radius 1 is 1.28 bits per heavy atom. The van der Waals surface area contributed by atoms with Crippen molar-refractivity contribution in [2.45, 2.75) is 19.4 Å². The van der Waals surface area contributed by atoms with Crippen molar-refractivity contribution >= 4 is 62.7 Å². The lowest BCUT2D eigenvalue weighted by molar-refractivity contribution is -0.384. The summed E-state index contributed by atoms with van der Waals surface area (Å²) in [5.74, 6) is 0. The minimum Gasteiger partial charge on any atom is -0.360 e. The minimum atomic E-state index is -0.430. The Kier molecular flexibility index (Phi) is 7.02. The lowest BCUT2D eigenvalue weighted by Gasteiger charge is -2.17. The van der Waals surface area contributed by atoms with Crippen LogP contribution >= 0.6 is 46.8 Å². The van der Waals surface area contributed by atoms with Crippen molar-refractivity contribution in [3.8, 4) is 11.3 Å². The van der Waals surface area contributed by atoms with Gasteiger partial charge in [-0.1, -0.05) is 41.4 Å². The Bertz CT molecular complexity index is 1040. The number of thiazole rings is 1. The molecule has 29 heavy (non-hydrogen) atoms. The van der Waals surface area contributed by atoms with Gasteiger partial charge < -0.3 is 10.6 Å². The molecule has 0 aliphatic rings. The Hall–Kier alpha value is -2.26. The highest BCUT2D eigenvalue weighted by molar-refractivity contribution is 7.80. The average molecular weight is 467 g/mol. The van der Waals surface area contributed by atoms with E-state index < -0.39 is 4.92 Å². The van der Waals surface area contributed by atoms with Crippen LogP contribution in [-0.2, 0) is 6.42 Å². The molecule has 3 rings (SSSR count). The molecule has 0 aliphatic carbocycles. The Balaban J connectivity index is 1.62. The van der Waals surface area contributed by atoms with Crippen LogP contribution in [0.1, 0.15) is 12.5 Å². The van der Waals surface area contributed by atoms with Gasteiger partial charge in [0.2, 0.25) is 0 Å². The fourth-order valence-electron chi connectivity index (χ4n) is 2.68. The molecule has 1 unspecified atom stereocenters. The predicted octanol–water partition coefficient (Wildman–Crippen LogP) is 5.94. The molecule has 1 atom stereocenters. The number of benzene rings is 2. The summed E-state index contributed by atoms with van der Waals surface area (Å²) < 4.78 is 0. The first-order valence-corrected chi connectivity index (χ1v) is 10.6. The van der Waals surface area contributed by atoms with Gasteiger partial charge in [0.15, 0.2) is 10.2 Å². The summed E-state index contributed by atoms with van der Waals surface area (Å²) in [5, 5.41) is 21.2. The van der Waals surface area contributed by atoms with Crippen molar-refractivity contribution in [3.05, 3.63) is 73.6 Å². The average Bonchev–Trinajstić information content (AvgIpc) is 3.13. The van der Waals surface area contributed by atoms with Crippen LogP contribution in [0.5, 0.6) is 0 Å². The number of rotatable bonds is 6. The van der Waals surface area contributed by atoms with Crippen LogP contribution in [0, 0.1) is 10.1 Å². The number of anilines is 1. The maximum Gasteiger partial charge on any atom is 0.270 e. The van der Waals surface area contributed by atoms with Crippen LogP contribution in [0.25, 0.3) is 11.3 Å². The zero-order valence-corrected chi connectivity index (χ0v) is 18.3. The van der Waals surface area contributed by atoms with E-state index in [1.165, 1.54) is 23.5 Å². The van der Waals surface area contributed by atoms with Crippen LogP contribution in [0.4, 0.5) is 10.8 Å². The maximum absolute atomic E-state index is 10.9. The number of hydrogen-bond donors (Lipinski definition) is 2. The van der Waals surface area contributed by atoms with Crippen LogP contribution in [0.3, 0.4) is 0 Å². The van der Waals surface area contributed by atoms with E-state index in [1.54, 1.807) is 30.3 Å². The highest BCUT2D eigenvalue weighted by atomic mass is 35.5. The molecule has 0 radical (unpaired) electrons. The topological polar surface area (TPSA) is 80.1 Å².